The number of ketones is 1. The maximum Gasteiger partial charge on any atom is 0.196 e. The molecule has 3 nitrogen and oxygen atoms in total. The number of carbonyl (C=O) groups excluding carboxylic acids is 1. The number of benzene rings is 1. The van der Waals surface area contributed by atoms with Crippen LogP contribution in [-0.2, 0) is 0 Å². The third-order valence-electron chi connectivity index (χ3n) is 2.42. The minimum Gasteiger partial charge on any atom is -0.291 e. The molecule has 1 aromatic heterocycles. The highest BCUT2D eigenvalue weighted by molar-refractivity contribution is 5.90. The summed E-state index contributed by atoms with van der Waals surface area (Å²) in [7, 11) is 0. The monoisotopic (exact) mass is 230 g/mol. The molecule has 0 spiro atoms. The molecule has 0 N–H and O–H groups in total. The Morgan fingerprint density at radius 2 is 2.06 bits per heavy atom. The van der Waals surface area contributed by atoms with E-state index >= 15 is 0 Å². The van der Waals surface area contributed by atoms with E-state index in [4.69, 9.17) is 0 Å². The SMILES string of the molecule is CC(=O)c1nccc(-c2ccc(F)c(C)c2)n1. The third kappa shape index (κ3) is 2.36. The summed E-state index contributed by atoms with van der Waals surface area (Å²) in [6, 6.07) is 6.41. The van der Waals surface area contributed by atoms with Gasteiger partial charge in [0.2, 0.25) is 0 Å². The summed E-state index contributed by atoms with van der Waals surface area (Å²) in [5, 5.41) is 0. The largest absolute Gasteiger partial charge is 0.291 e. The topological polar surface area (TPSA) is 42.9 Å². The van der Waals surface area contributed by atoms with Crippen LogP contribution in [0, 0.1) is 12.7 Å². The summed E-state index contributed by atoms with van der Waals surface area (Å²) in [6.07, 6.45) is 1.53. The van der Waals surface area contributed by atoms with Gasteiger partial charge in [-0.3, -0.25) is 4.79 Å². The Morgan fingerprint density at radius 1 is 1.29 bits per heavy atom. The van der Waals surface area contributed by atoms with Crippen LogP contribution in [0.4, 0.5) is 4.39 Å². The molecule has 17 heavy (non-hydrogen) atoms. The van der Waals surface area contributed by atoms with Crippen molar-refractivity contribution in [1.82, 2.24) is 9.97 Å². The maximum atomic E-state index is 13.1. The van der Waals surface area contributed by atoms with Crippen molar-refractivity contribution in [2.75, 3.05) is 0 Å². The van der Waals surface area contributed by atoms with Crippen LogP contribution in [0.25, 0.3) is 11.3 Å². The van der Waals surface area contributed by atoms with E-state index in [1.54, 1.807) is 25.1 Å². The van der Waals surface area contributed by atoms with Gasteiger partial charge in [-0.05, 0) is 36.8 Å². The lowest BCUT2D eigenvalue weighted by molar-refractivity contribution is 0.100. The summed E-state index contributed by atoms with van der Waals surface area (Å²) in [5.41, 5.74) is 1.94. The van der Waals surface area contributed by atoms with Gasteiger partial charge in [0.15, 0.2) is 11.6 Å². The van der Waals surface area contributed by atoms with Crippen molar-refractivity contribution in [2.45, 2.75) is 13.8 Å². The van der Waals surface area contributed by atoms with E-state index in [2.05, 4.69) is 9.97 Å². The van der Waals surface area contributed by atoms with Crippen LogP contribution < -0.4 is 0 Å². The van der Waals surface area contributed by atoms with E-state index in [0.717, 1.165) is 5.56 Å². The second-order valence-corrected chi connectivity index (χ2v) is 3.79. The molecule has 2 rings (SSSR count). The third-order valence-corrected chi connectivity index (χ3v) is 2.42. The van der Waals surface area contributed by atoms with E-state index in [-0.39, 0.29) is 17.4 Å². The van der Waals surface area contributed by atoms with Crippen LogP contribution >= 0.6 is 0 Å². The first-order chi connectivity index (χ1) is 8.08. The Kier molecular flexibility index (Phi) is 2.95. The summed E-state index contributed by atoms with van der Waals surface area (Å²) in [4.78, 5) is 19.2. The van der Waals surface area contributed by atoms with Crippen LogP contribution in [0.1, 0.15) is 23.1 Å². The van der Waals surface area contributed by atoms with E-state index in [1.807, 2.05) is 0 Å². The number of halogens is 1. The lowest BCUT2D eigenvalue weighted by Crippen LogP contribution is -2.01. The molecule has 0 saturated carbocycles. The average Bonchev–Trinajstić information content (AvgIpc) is 2.33. The highest BCUT2D eigenvalue weighted by Crippen LogP contribution is 2.19. The normalized spacial score (nSPS) is 10.3. The highest BCUT2D eigenvalue weighted by Gasteiger charge is 2.07. The predicted molar refractivity (Wildman–Crippen MR) is 62.2 cm³/mol. The van der Waals surface area contributed by atoms with Gasteiger partial charge in [0.25, 0.3) is 0 Å². The number of rotatable bonds is 2. The molecule has 0 aliphatic carbocycles. The molecule has 1 aromatic carbocycles. The number of nitrogens with zero attached hydrogens (tertiary/aromatic N) is 2. The molecule has 0 radical (unpaired) electrons. The molecule has 0 bridgehead atoms. The van der Waals surface area contributed by atoms with E-state index in [0.29, 0.717) is 11.3 Å². The summed E-state index contributed by atoms with van der Waals surface area (Å²) in [5.74, 6) is -0.273. The zero-order valence-corrected chi connectivity index (χ0v) is 9.57. The number of carbonyl (C=O) groups is 1. The van der Waals surface area contributed by atoms with Gasteiger partial charge < -0.3 is 0 Å². The van der Waals surface area contributed by atoms with Crippen LogP contribution in [-0.4, -0.2) is 15.8 Å². The Morgan fingerprint density at radius 3 is 2.71 bits per heavy atom. The molecule has 0 atom stereocenters. The summed E-state index contributed by atoms with van der Waals surface area (Å²) < 4.78 is 13.1. The smallest absolute Gasteiger partial charge is 0.196 e. The van der Waals surface area contributed by atoms with Crippen molar-refractivity contribution < 1.29 is 9.18 Å². The Balaban J connectivity index is 2.49. The number of aromatic nitrogens is 2. The summed E-state index contributed by atoms with van der Waals surface area (Å²) in [6.45, 7) is 3.10. The first-order valence-electron chi connectivity index (χ1n) is 5.18. The second kappa shape index (κ2) is 4.41. The molecule has 0 amide bonds. The molecule has 0 aliphatic rings. The van der Waals surface area contributed by atoms with Gasteiger partial charge in [-0.25, -0.2) is 14.4 Å². The fourth-order valence-electron chi connectivity index (χ4n) is 1.49. The zero-order chi connectivity index (χ0) is 12.4. The Hall–Kier alpha value is -2.10. The molecule has 86 valence electrons. The Labute approximate surface area is 98.3 Å². The number of hydrogen-bond acceptors (Lipinski definition) is 3. The van der Waals surface area contributed by atoms with Crippen molar-refractivity contribution in [3.63, 3.8) is 0 Å². The van der Waals surface area contributed by atoms with Gasteiger partial charge in [0.1, 0.15) is 5.82 Å². The lowest BCUT2D eigenvalue weighted by Gasteiger charge is -2.03. The van der Waals surface area contributed by atoms with E-state index in [9.17, 15) is 9.18 Å². The van der Waals surface area contributed by atoms with Crippen LogP contribution in [0.3, 0.4) is 0 Å². The fourth-order valence-corrected chi connectivity index (χ4v) is 1.49. The molecule has 0 saturated heterocycles. The van der Waals surface area contributed by atoms with Crippen molar-refractivity contribution in [1.29, 1.82) is 0 Å². The van der Waals surface area contributed by atoms with E-state index in [1.165, 1.54) is 19.2 Å². The van der Waals surface area contributed by atoms with Crippen molar-refractivity contribution in [2.24, 2.45) is 0 Å². The summed E-state index contributed by atoms with van der Waals surface area (Å²) >= 11 is 0. The van der Waals surface area contributed by atoms with Crippen LogP contribution in [0.5, 0.6) is 0 Å². The van der Waals surface area contributed by atoms with Crippen LogP contribution in [0.15, 0.2) is 30.5 Å². The van der Waals surface area contributed by atoms with Gasteiger partial charge in [-0.2, -0.15) is 0 Å². The molecule has 1 heterocycles. The van der Waals surface area contributed by atoms with Crippen molar-refractivity contribution in [3.8, 4) is 11.3 Å². The predicted octanol–water partition coefficient (Wildman–Crippen LogP) is 2.79. The minimum absolute atomic E-state index is 0.171. The van der Waals surface area contributed by atoms with Crippen molar-refractivity contribution >= 4 is 5.78 Å². The van der Waals surface area contributed by atoms with Gasteiger partial charge in [-0.1, -0.05) is 0 Å². The van der Waals surface area contributed by atoms with Gasteiger partial charge >= 0.3 is 0 Å². The molecule has 0 unspecified atom stereocenters. The average molecular weight is 230 g/mol. The standard InChI is InChI=1S/C13H11FN2O/c1-8-7-10(3-4-11(8)14)12-5-6-15-13(16-12)9(2)17/h3-7H,1-2H3. The molecule has 4 heteroatoms. The number of hydrogen-bond donors (Lipinski definition) is 0. The second-order valence-electron chi connectivity index (χ2n) is 3.79. The Bertz CT molecular complexity index is 581. The van der Waals surface area contributed by atoms with Gasteiger partial charge in [0.05, 0.1) is 5.69 Å². The molecule has 2 aromatic rings. The number of Topliss-reactive ketones (excluding diaryl/α,β-unsaturated/α-hetero) is 1. The molecule has 0 aliphatic heterocycles. The highest BCUT2D eigenvalue weighted by atomic mass is 19.1. The van der Waals surface area contributed by atoms with Gasteiger partial charge in [-0.15, -0.1) is 0 Å². The fraction of sp³-hybridized carbons (Fsp3) is 0.154. The zero-order valence-electron chi connectivity index (χ0n) is 9.57. The van der Waals surface area contributed by atoms with E-state index < -0.39 is 0 Å². The molecular formula is C13H11FN2O. The minimum atomic E-state index is -0.255. The quantitative estimate of drug-likeness (QED) is 0.745. The number of aryl methyl sites for hydroxylation is 1. The first kappa shape index (κ1) is 11.4. The molecular weight excluding hydrogens is 219 g/mol. The lowest BCUT2D eigenvalue weighted by atomic mass is 10.1. The van der Waals surface area contributed by atoms with Gasteiger partial charge in [0, 0.05) is 18.7 Å². The first-order valence-corrected chi connectivity index (χ1v) is 5.18. The molecule has 0 fully saturated rings. The maximum absolute atomic E-state index is 13.1. The van der Waals surface area contributed by atoms with Crippen LogP contribution in [0.2, 0.25) is 0 Å². The van der Waals surface area contributed by atoms with Crippen molar-refractivity contribution in [3.05, 3.63) is 47.7 Å².